The molecule has 0 spiro atoms. The lowest BCUT2D eigenvalue weighted by atomic mass is 9.80. The molecule has 292 valence electrons. The number of aliphatic hydroxyl groups is 8. The molecule has 0 aromatic carbocycles. The number of carbonyl (C=O) groups is 2. The molecule has 5 heterocycles. The fraction of sp³-hybridized carbons (Fsp3) is 0.758. The van der Waals surface area contributed by atoms with Crippen molar-refractivity contribution in [1.29, 1.82) is 0 Å². The number of carbonyl (C=O) groups excluding carboxylic acids is 2. The van der Waals surface area contributed by atoms with Crippen LogP contribution in [0.15, 0.2) is 36.3 Å². The van der Waals surface area contributed by atoms with Crippen molar-refractivity contribution in [3.63, 3.8) is 0 Å². The molecule has 1 aliphatic carbocycles. The third kappa shape index (κ3) is 7.22. The molecule has 0 aromatic rings. The van der Waals surface area contributed by atoms with Crippen LogP contribution in [0.2, 0.25) is 0 Å². The van der Waals surface area contributed by atoms with Crippen LogP contribution in [0.3, 0.4) is 0 Å². The summed E-state index contributed by atoms with van der Waals surface area (Å²) in [4.78, 5) is 25.4. The molecule has 0 bridgehead atoms. The fourth-order valence-corrected chi connectivity index (χ4v) is 7.74. The van der Waals surface area contributed by atoms with Gasteiger partial charge in [-0.3, -0.25) is 0 Å². The highest BCUT2D eigenvalue weighted by Crippen LogP contribution is 2.48. The topological polar surface area (TPSA) is 279 Å². The van der Waals surface area contributed by atoms with Crippen LogP contribution in [0.1, 0.15) is 19.8 Å². The summed E-state index contributed by atoms with van der Waals surface area (Å²) in [5.41, 5.74) is 0.346. The van der Waals surface area contributed by atoms with E-state index in [-0.39, 0.29) is 24.0 Å². The van der Waals surface area contributed by atoms with Gasteiger partial charge in [0.05, 0.1) is 50.1 Å². The Labute approximate surface area is 297 Å². The van der Waals surface area contributed by atoms with E-state index in [0.29, 0.717) is 0 Å². The number of aliphatic hydroxyl groups excluding tert-OH is 8. The standard InChI is InChI=1S/C33H46O19/c1-4-12-13-6-20(50-29(43)15(13)8-46-30(12)51-32-26(40)24(38)22(36)18(7-34)48-32)45-10-19-23(37)25(39)27(41)33(49-19)52-31-21-11(2)17(35)5-14(21)16(9-47-31)28(42)44-3/h4,8-9,11-14,17-27,30-41H,1,5-7,10H2,2-3H3. The predicted octanol–water partition coefficient (Wildman–Crippen LogP) is -3.38. The second-order valence-corrected chi connectivity index (χ2v) is 13.8. The zero-order valence-electron chi connectivity index (χ0n) is 28.3. The van der Waals surface area contributed by atoms with Gasteiger partial charge in [0.1, 0.15) is 48.8 Å². The Kier molecular flexibility index (Phi) is 11.9. The Morgan fingerprint density at radius 1 is 0.846 bits per heavy atom. The lowest BCUT2D eigenvalue weighted by molar-refractivity contribution is -0.347. The third-order valence-corrected chi connectivity index (χ3v) is 10.8. The van der Waals surface area contributed by atoms with Gasteiger partial charge >= 0.3 is 11.9 Å². The van der Waals surface area contributed by atoms with Crippen LogP contribution >= 0.6 is 0 Å². The van der Waals surface area contributed by atoms with Crippen LogP contribution < -0.4 is 0 Å². The minimum absolute atomic E-state index is 0.0220. The lowest BCUT2D eigenvalue weighted by Gasteiger charge is -2.45. The third-order valence-electron chi connectivity index (χ3n) is 10.8. The number of hydrogen-bond donors (Lipinski definition) is 8. The molecular weight excluding hydrogens is 700 g/mol. The maximum absolute atomic E-state index is 13.0. The molecular formula is C33H46O19. The number of rotatable bonds is 10. The van der Waals surface area contributed by atoms with Gasteiger partial charge in [-0.05, 0) is 12.3 Å². The molecule has 5 aliphatic heterocycles. The van der Waals surface area contributed by atoms with Crippen LogP contribution in [0.5, 0.6) is 0 Å². The Balaban J connectivity index is 1.10. The molecule has 6 rings (SSSR count). The van der Waals surface area contributed by atoms with E-state index in [1.54, 1.807) is 6.92 Å². The summed E-state index contributed by atoms with van der Waals surface area (Å²) in [7, 11) is 1.22. The van der Waals surface area contributed by atoms with Gasteiger partial charge in [-0.2, -0.15) is 0 Å². The summed E-state index contributed by atoms with van der Waals surface area (Å²) in [6, 6.07) is 0. The van der Waals surface area contributed by atoms with Gasteiger partial charge in [0.15, 0.2) is 12.6 Å². The van der Waals surface area contributed by atoms with E-state index in [1.807, 2.05) is 0 Å². The first-order valence-electron chi connectivity index (χ1n) is 17.0. The quantitative estimate of drug-likeness (QED) is 0.0800. The highest BCUT2D eigenvalue weighted by molar-refractivity contribution is 5.90. The summed E-state index contributed by atoms with van der Waals surface area (Å²) >= 11 is 0. The summed E-state index contributed by atoms with van der Waals surface area (Å²) in [6.45, 7) is 4.45. The number of hydrogen-bond acceptors (Lipinski definition) is 19. The SMILES string of the molecule is C=CC1C(OC2OC(CO)C(O)C(O)C2O)OC=C2C(=O)OC(OCC3OC(OC4OC=C(C(=O)OC)C5CC(O)C(C)C45)C(O)C(O)C3O)CC21. The largest absolute Gasteiger partial charge is 0.472 e. The summed E-state index contributed by atoms with van der Waals surface area (Å²) < 4.78 is 50.5. The smallest absolute Gasteiger partial charge is 0.339 e. The van der Waals surface area contributed by atoms with Crippen molar-refractivity contribution in [2.24, 2.45) is 29.6 Å². The molecule has 19 unspecified atom stereocenters. The lowest BCUT2D eigenvalue weighted by Crippen LogP contribution is -2.61. The van der Waals surface area contributed by atoms with Crippen LogP contribution in [0, 0.1) is 29.6 Å². The molecule has 19 nitrogen and oxygen atoms in total. The van der Waals surface area contributed by atoms with Crippen molar-refractivity contribution in [3.8, 4) is 0 Å². The van der Waals surface area contributed by atoms with Crippen molar-refractivity contribution in [3.05, 3.63) is 36.3 Å². The number of cyclic esters (lactones) is 1. The summed E-state index contributed by atoms with van der Waals surface area (Å²) in [6.07, 6.45) is -16.1. The highest BCUT2D eigenvalue weighted by Gasteiger charge is 2.54. The molecule has 6 aliphatic rings. The maximum atomic E-state index is 13.0. The zero-order chi connectivity index (χ0) is 37.6. The Bertz CT molecular complexity index is 1370. The minimum atomic E-state index is -1.76. The van der Waals surface area contributed by atoms with Crippen molar-refractivity contribution < 1.29 is 93.1 Å². The molecule has 8 N–H and O–H groups in total. The number of methoxy groups -OCH3 is 1. The minimum Gasteiger partial charge on any atom is -0.472 e. The van der Waals surface area contributed by atoms with Crippen molar-refractivity contribution in [1.82, 2.24) is 0 Å². The van der Waals surface area contributed by atoms with Crippen LogP contribution in [-0.4, -0.2) is 160 Å². The number of ether oxygens (including phenoxy) is 9. The van der Waals surface area contributed by atoms with Crippen molar-refractivity contribution in [2.45, 2.75) is 106 Å². The second-order valence-electron chi connectivity index (χ2n) is 13.8. The number of fused-ring (bicyclic) bond motifs is 2. The first-order valence-corrected chi connectivity index (χ1v) is 17.0. The van der Waals surface area contributed by atoms with Gasteiger partial charge in [-0.15, -0.1) is 6.58 Å². The van der Waals surface area contributed by atoms with Gasteiger partial charge in [-0.25, -0.2) is 9.59 Å². The van der Waals surface area contributed by atoms with Gasteiger partial charge in [0.2, 0.25) is 18.9 Å². The average Bonchev–Trinajstić information content (AvgIpc) is 3.44. The number of esters is 2. The van der Waals surface area contributed by atoms with E-state index in [2.05, 4.69) is 6.58 Å². The average molecular weight is 747 g/mol. The molecule has 19 heteroatoms. The van der Waals surface area contributed by atoms with Crippen LogP contribution in [0.4, 0.5) is 0 Å². The summed E-state index contributed by atoms with van der Waals surface area (Å²) in [5, 5.41) is 83.1. The Hall–Kier alpha value is -2.76. The zero-order valence-corrected chi connectivity index (χ0v) is 28.3. The van der Waals surface area contributed by atoms with Crippen molar-refractivity contribution >= 4 is 11.9 Å². The Morgan fingerprint density at radius 2 is 1.46 bits per heavy atom. The molecule has 52 heavy (non-hydrogen) atoms. The van der Waals surface area contributed by atoms with E-state index in [1.165, 1.54) is 19.4 Å². The Morgan fingerprint density at radius 3 is 2.10 bits per heavy atom. The van der Waals surface area contributed by atoms with Crippen molar-refractivity contribution in [2.75, 3.05) is 20.3 Å². The molecule has 4 fully saturated rings. The molecule has 1 saturated carbocycles. The van der Waals surface area contributed by atoms with E-state index in [4.69, 9.17) is 42.6 Å². The normalized spacial score (nSPS) is 47.4. The highest BCUT2D eigenvalue weighted by atomic mass is 16.8. The van der Waals surface area contributed by atoms with E-state index in [0.717, 1.165) is 6.26 Å². The predicted molar refractivity (Wildman–Crippen MR) is 165 cm³/mol. The molecule has 0 radical (unpaired) electrons. The van der Waals surface area contributed by atoms with Gasteiger partial charge in [-0.1, -0.05) is 13.0 Å². The van der Waals surface area contributed by atoms with Gasteiger partial charge in [0, 0.05) is 30.1 Å². The maximum Gasteiger partial charge on any atom is 0.339 e. The molecule has 3 saturated heterocycles. The van der Waals surface area contributed by atoms with Crippen LogP contribution in [-0.2, 0) is 52.2 Å². The van der Waals surface area contributed by atoms with E-state index in [9.17, 15) is 50.4 Å². The monoisotopic (exact) mass is 746 g/mol. The first kappa shape index (κ1) is 38.9. The first-order chi connectivity index (χ1) is 24.8. The van der Waals surface area contributed by atoms with Gasteiger partial charge < -0.3 is 83.5 Å². The van der Waals surface area contributed by atoms with E-state index >= 15 is 0 Å². The summed E-state index contributed by atoms with van der Waals surface area (Å²) in [5.74, 6) is -4.29. The van der Waals surface area contributed by atoms with E-state index < -0.39 is 141 Å². The second kappa shape index (κ2) is 15.9. The molecule has 0 aromatic heterocycles. The molecule has 0 amide bonds. The fourth-order valence-electron chi connectivity index (χ4n) is 7.74. The van der Waals surface area contributed by atoms with Crippen LogP contribution in [0.25, 0.3) is 0 Å². The molecule has 19 atom stereocenters. The van der Waals surface area contributed by atoms with Gasteiger partial charge in [0.25, 0.3) is 0 Å².